The summed E-state index contributed by atoms with van der Waals surface area (Å²) >= 11 is 0. The lowest BCUT2D eigenvalue weighted by Crippen LogP contribution is -2.50. The Labute approximate surface area is 177 Å². The van der Waals surface area contributed by atoms with Gasteiger partial charge < -0.3 is 15.5 Å². The Morgan fingerprint density at radius 3 is 2.35 bits per heavy atom. The van der Waals surface area contributed by atoms with Crippen molar-refractivity contribution in [3.63, 3.8) is 0 Å². The highest BCUT2D eigenvalue weighted by Gasteiger charge is 2.24. The van der Waals surface area contributed by atoms with Crippen molar-refractivity contribution in [1.29, 1.82) is 0 Å². The maximum atomic E-state index is 12.1. The molecule has 0 aromatic heterocycles. The molecule has 6 heteroatoms. The molecule has 26 heavy (non-hydrogen) atoms. The number of carbonyl (C=O) groups excluding carboxylic acids is 1. The summed E-state index contributed by atoms with van der Waals surface area (Å²) in [5, 5.41) is 6.98. The predicted molar refractivity (Wildman–Crippen MR) is 120 cm³/mol. The second-order valence-electron chi connectivity index (χ2n) is 8.04. The number of aliphatic imine (C=N–C) groups is 1. The quantitative estimate of drug-likeness (QED) is 0.254. The van der Waals surface area contributed by atoms with Gasteiger partial charge in [0.1, 0.15) is 0 Å². The summed E-state index contributed by atoms with van der Waals surface area (Å²) in [5.74, 6) is 2.29. The SMILES string of the molecule is CN=C(NCCCCC1CCCC1)NC1CCN(C(=O)C(C)C)CC1.I. The molecular weight excluding hydrogens is 439 g/mol. The van der Waals surface area contributed by atoms with E-state index in [-0.39, 0.29) is 35.8 Å². The third-order valence-electron chi connectivity index (χ3n) is 5.67. The van der Waals surface area contributed by atoms with E-state index in [0.717, 1.165) is 44.4 Å². The Morgan fingerprint density at radius 2 is 1.77 bits per heavy atom. The monoisotopic (exact) mass is 478 g/mol. The third-order valence-corrected chi connectivity index (χ3v) is 5.67. The van der Waals surface area contributed by atoms with Crippen LogP contribution in [-0.4, -0.2) is 49.5 Å². The Bertz CT molecular complexity index is 428. The van der Waals surface area contributed by atoms with Crippen molar-refractivity contribution in [1.82, 2.24) is 15.5 Å². The topological polar surface area (TPSA) is 56.7 Å². The number of amides is 1. The van der Waals surface area contributed by atoms with Crippen LogP contribution < -0.4 is 10.6 Å². The zero-order valence-corrected chi connectivity index (χ0v) is 19.3. The van der Waals surface area contributed by atoms with Crippen LogP contribution in [0.1, 0.15) is 71.6 Å². The fourth-order valence-electron chi connectivity index (χ4n) is 4.06. The van der Waals surface area contributed by atoms with E-state index in [1.165, 1.54) is 44.9 Å². The first-order valence-electron chi connectivity index (χ1n) is 10.4. The number of nitrogens with one attached hydrogen (secondary N) is 2. The molecule has 1 aliphatic heterocycles. The van der Waals surface area contributed by atoms with Gasteiger partial charge in [-0.2, -0.15) is 0 Å². The normalized spacial score (nSPS) is 19.5. The molecule has 0 atom stereocenters. The van der Waals surface area contributed by atoms with E-state index in [1.807, 2.05) is 25.8 Å². The second kappa shape index (κ2) is 12.8. The highest BCUT2D eigenvalue weighted by Crippen LogP contribution is 2.28. The standard InChI is InChI=1S/C20H38N4O.HI/c1-16(2)19(25)24-14-11-18(12-15-24)23-20(21-3)22-13-7-6-10-17-8-4-5-9-17;/h16-18H,4-15H2,1-3H3,(H2,21,22,23);1H. The Hall–Kier alpha value is -0.530. The van der Waals surface area contributed by atoms with Crippen molar-refractivity contribution in [3.8, 4) is 0 Å². The number of guanidine groups is 1. The molecule has 0 aromatic carbocycles. The highest BCUT2D eigenvalue weighted by molar-refractivity contribution is 14.0. The summed E-state index contributed by atoms with van der Waals surface area (Å²) in [6, 6.07) is 0.418. The number of hydrogen-bond acceptors (Lipinski definition) is 2. The molecule has 1 aliphatic carbocycles. The first-order chi connectivity index (χ1) is 12.1. The molecule has 0 bridgehead atoms. The van der Waals surface area contributed by atoms with E-state index in [4.69, 9.17) is 0 Å². The summed E-state index contributed by atoms with van der Waals surface area (Å²) in [6.45, 7) is 6.66. The molecule has 2 aliphatic rings. The summed E-state index contributed by atoms with van der Waals surface area (Å²) < 4.78 is 0. The van der Waals surface area contributed by atoms with Gasteiger partial charge >= 0.3 is 0 Å². The van der Waals surface area contributed by atoms with Crippen LogP contribution in [0, 0.1) is 11.8 Å². The van der Waals surface area contributed by atoms with Gasteiger partial charge in [-0.1, -0.05) is 52.4 Å². The van der Waals surface area contributed by atoms with Crippen molar-refractivity contribution in [3.05, 3.63) is 0 Å². The van der Waals surface area contributed by atoms with Gasteiger partial charge in [-0.15, -0.1) is 24.0 Å². The van der Waals surface area contributed by atoms with Gasteiger partial charge in [0.25, 0.3) is 0 Å². The Morgan fingerprint density at radius 1 is 1.12 bits per heavy atom. The van der Waals surface area contributed by atoms with E-state index >= 15 is 0 Å². The van der Waals surface area contributed by atoms with Crippen molar-refractivity contribution < 1.29 is 4.79 Å². The fourth-order valence-corrected chi connectivity index (χ4v) is 4.06. The van der Waals surface area contributed by atoms with Crippen molar-refractivity contribution in [2.75, 3.05) is 26.7 Å². The number of rotatable bonds is 7. The number of hydrogen-bond donors (Lipinski definition) is 2. The van der Waals surface area contributed by atoms with E-state index in [9.17, 15) is 4.79 Å². The number of carbonyl (C=O) groups is 1. The lowest BCUT2D eigenvalue weighted by Gasteiger charge is -2.34. The lowest BCUT2D eigenvalue weighted by molar-refractivity contribution is -0.135. The zero-order valence-electron chi connectivity index (χ0n) is 16.9. The Balaban J connectivity index is 0.00000338. The van der Waals surface area contributed by atoms with Gasteiger partial charge in [0.15, 0.2) is 5.96 Å². The maximum absolute atomic E-state index is 12.1. The minimum Gasteiger partial charge on any atom is -0.356 e. The van der Waals surface area contributed by atoms with Gasteiger partial charge in [-0.05, 0) is 25.2 Å². The largest absolute Gasteiger partial charge is 0.356 e. The molecule has 1 heterocycles. The second-order valence-corrected chi connectivity index (χ2v) is 8.04. The van der Waals surface area contributed by atoms with Gasteiger partial charge in [0.2, 0.25) is 5.91 Å². The lowest BCUT2D eigenvalue weighted by atomic mass is 10.0. The predicted octanol–water partition coefficient (Wildman–Crippen LogP) is 3.78. The van der Waals surface area contributed by atoms with E-state index in [1.54, 1.807) is 0 Å². The minimum atomic E-state index is 0. The van der Waals surface area contributed by atoms with Gasteiger partial charge in [-0.3, -0.25) is 9.79 Å². The molecule has 0 radical (unpaired) electrons. The fraction of sp³-hybridized carbons (Fsp3) is 0.900. The van der Waals surface area contributed by atoms with Gasteiger partial charge in [0, 0.05) is 38.6 Å². The first kappa shape index (κ1) is 23.5. The van der Waals surface area contributed by atoms with Crippen LogP contribution in [0.4, 0.5) is 0 Å². The molecule has 1 saturated carbocycles. The summed E-state index contributed by atoms with van der Waals surface area (Å²) in [5.41, 5.74) is 0. The molecule has 152 valence electrons. The molecule has 2 fully saturated rings. The van der Waals surface area contributed by atoms with Crippen molar-refractivity contribution >= 4 is 35.8 Å². The molecule has 1 amide bonds. The van der Waals surface area contributed by atoms with Crippen LogP contribution in [0.3, 0.4) is 0 Å². The number of unbranched alkanes of at least 4 members (excludes halogenated alkanes) is 1. The molecule has 0 unspecified atom stereocenters. The van der Waals surface area contributed by atoms with E-state index < -0.39 is 0 Å². The van der Waals surface area contributed by atoms with Gasteiger partial charge in [0.05, 0.1) is 0 Å². The average molecular weight is 478 g/mol. The molecule has 5 nitrogen and oxygen atoms in total. The smallest absolute Gasteiger partial charge is 0.225 e. The molecular formula is C20H39IN4O. The molecule has 0 spiro atoms. The van der Waals surface area contributed by atoms with Crippen LogP contribution in [-0.2, 0) is 4.79 Å². The van der Waals surface area contributed by atoms with Crippen molar-refractivity contribution in [2.45, 2.75) is 77.7 Å². The molecule has 0 aromatic rings. The van der Waals surface area contributed by atoms with Crippen LogP contribution >= 0.6 is 24.0 Å². The molecule has 1 saturated heterocycles. The van der Waals surface area contributed by atoms with Crippen LogP contribution in [0.2, 0.25) is 0 Å². The maximum Gasteiger partial charge on any atom is 0.225 e. The first-order valence-corrected chi connectivity index (χ1v) is 10.4. The summed E-state index contributed by atoms with van der Waals surface area (Å²) in [7, 11) is 1.84. The highest BCUT2D eigenvalue weighted by atomic mass is 127. The van der Waals surface area contributed by atoms with E-state index in [0.29, 0.717) is 6.04 Å². The van der Waals surface area contributed by atoms with Crippen molar-refractivity contribution in [2.24, 2.45) is 16.8 Å². The molecule has 2 N–H and O–H groups in total. The number of piperidine rings is 1. The van der Waals surface area contributed by atoms with Crippen LogP contribution in [0.5, 0.6) is 0 Å². The average Bonchev–Trinajstić information content (AvgIpc) is 3.13. The van der Waals surface area contributed by atoms with Gasteiger partial charge in [-0.25, -0.2) is 0 Å². The zero-order chi connectivity index (χ0) is 18.1. The summed E-state index contributed by atoms with van der Waals surface area (Å²) in [4.78, 5) is 18.4. The Kier molecular flexibility index (Phi) is 11.6. The minimum absolute atomic E-state index is 0. The molecule has 2 rings (SSSR count). The van der Waals surface area contributed by atoms with E-state index in [2.05, 4.69) is 15.6 Å². The number of nitrogens with zero attached hydrogens (tertiary/aromatic N) is 2. The number of halogens is 1. The summed E-state index contributed by atoms with van der Waals surface area (Å²) in [6.07, 6.45) is 11.7. The third kappa shape index (κ3) is 8.01. The van der Waals surface area contributed by atoms with Crippen LogP contribution in [0.15, 0.2) is 4.99 Å². The van der Waals surface area contributed by atoms with Crippen LogP contribution in [0.25, 0.3) is 0 Å². The number of likely N-dealkylation sites (tertiary alicyclic amines) is 1.